The van der Waals surface area contributed by atoms with Crippen molar-refractivity contribution in [2.75, 3.05) is 19.5 Å². The lowest BCUT2D eigenvalue weighted by molar-refractivity contribution is 0.00858. The quantitative estimate of drug-likeness (QED) is 0.793. The van der Waals surface area contributed by atoms with Crippen LogP contribution in [0, 0.1) is 8.99 Å². The first-order valence-electron chi connectivity index (χ1n) is 6.62. The van der Waals surface area contributed by atoms with Crippen molar-refractivity contribution in [3.05, 3.63) is 15.1 Å². The zero-order valence-electron chi connectivity index (χ0n) is 12.7. The Morgan fingerprint density at radius 1 is 1.32 bits per heavy atom. The average molecular weight is 377 g/mol. The highest BCUT2D eigenvalue weighted by atomic mass is 127. The molecule has 0 radical (unpaired) electrons. The SMILES string of the molecule is CCCc1nc(C(OC)C(C)(C)C)nc(NC)c1I. The molecule has 1 unspecified atom stereocenters. The van der Waals surface area contributed by atoms with Gasteiger partial charge in [-0.25, -0.2) is 9.97 Å². The van der Waals surface area contributed by atoms with Crippen LogP contribution in [0.2, 0.25) is 0 Å². The molecule has 0 amide bonds. The van der Waals surface area contributed by atoms with Gasteiger partial charge in [-0.3, -0.25) is 0 Å². The van der Waals surface area contributed by atoms with E-state index in [1.165, 1.54) is 0 Å². The van der Waals surface area contributed by atoms with E-state index in [-0.39, 0.29) is 11.5 Å². The number of aryl methyl sites for hydroxylation is 1. The minimum absolute atomic E-state index is 0.0317. The van der Waals surface area contributed by atoms with Gasteiger partial charge in [0.1, 0.15) is 11.9 Å². The van der Waals surface area contributed by atoms with E-state index in [0.717, 1.165) is 33.7 Å². The molecule has 0 bridgehead atoms. The highest BCUT2D eigenvalue weighted by Gasteiger charge is 2.29. The first-order chi connectivity index (χ1) is 8.85. The van der Waals surface area contributed by atoms with Crippen LogP contribution in [0.25, 0.3) is 0 Å². The summed E-state index contributed by atoms with van der Waals surface area (Å²) in [5, 5.41) is 3.15. The van der Waals surface area contributed by atoms with Crippen molar-refractivity contribution >= 4 is 28.4 Å². The topological polar surface area (TPSA) is 47.0 Å². The summed E-state index contributed by atoms with van der Waals surface area (Å²) in [6.45, 7) is 8.58. The lowest BCUT2D eigenvalue weighted by Crippen LogP contribution is -2.23. The number of ether oxygens (including phenoxy) is 1. The van der Waals surface area contributed by atoms with Crippen molar-refractivity contribution in [1.82, 2.24) is 9.97 Å². The van der Waals surface area contributed by atoms with Gasteiger partial charge < -0.3 is 10.1 Å². The van der Waals surface area contributed by atoms with Gasteiger partial charge in [0.05, 0.1) is 9.26 Å². The maximum absolute atomic E-state index is 5.62. The number of rotatable bonds is 5. The lowest BCUT2D eigenvalue weighted by Gasteiger charge is -2.28. The Hall–Kier alpha value is -0.430. The van der Waals surface area contributed by atoms with Crippen molar-refractivity contribution in [2.45, 2.75) is 46.6 Å². The van der Waals surface area contributed by atoms with E-state index >= 15 is 0 Å². The molecule has 19 heavy (non-hydrogen) atoms. The van der Waals surface area contributed by atoms with E-state index in [2.05, 4.69) is 60.6 Å². The van der Waals surface area contributed by atoms with Crippen LogP contribution in [0.3, 0.4) is 0 Å². The van der Waals surface area contributed by atoms with Crippen LogP contribution in [-0.2, 0) is 11.2 Å². The van der Waals surface area contributed by atoms with Crippen LogP contribution in [0.5, 0.6) is 0 Å². The zero-order chi connectivity index (χ0) is 14.6. The largest absolute Gasteiger partial charge is 0.373 e. The van der Waals surface area contributed by atoms with Crippen molar-refractivity contribution in [2.24, 2.45) is 5.41 Å². The molecule has 1 atom stereocenters. The molecule has 1 heterocycles. The maximum atomic E-state index is 5.62. The summed E-state index contributed by atoms with van der Waals surface area (Å²) in [6.07, 6.45) is 1.93. The van der Waals surface area contributed by atoms with E-state index < -0.39 is 0 Å². The smallest absolute Gasteiger partial charge is 0.160 e. The molecule has 1 aromatic heterocycles. The number of anilines is 1. The molecule has 0 saturated carbocycles. The van der Waals surface area contributed by atoms with E-state index in [0.29, 0.717) is 0 Å². The number of hydrogen-bond acceptors (Lipinski definition) is 4. The van der Waals surface area contributed by atoms with Gasteiger partial charge in [-0.1, -0.05) is 34.1 Å². The fourth-order valence-corrected chi connectivity index (χ4v) is 2.82. The van der Waals surface area contributed by atoms with Crippen LogP contribution in [-0.4, -0.2) is 24.1 Å². The summed E-state index contributed by atoms with van der Waals surface area (Å²) in [5.41, 5.74) is 1.07. The van der Waals surface area contributed by atoms with Gasteiger partial charge in [0.2, 0.25) is 0 Å². The summed E-state index contributed by atoms with van der Waals surface area (Å²) in [4.78, 5) is 9.34. The van der Waals surface area contributed by atoms with Crippen LogP contribution in [0.4, 0.5) is 5.82 Å². The number of nitrogens with one attached hydrogen (secondary N) is 1. The highest BCUT2D eigenvalue weighted by molar-refractivity contribution is 14.1. The third kappa shape index (κ3) is 4.02. The molecule has 0 aliphatic heterocycles. The number of methoxy groups -OCH3 is 1. The number of halogens is 1. The Balaban J connectivity index is 3.31. The van der Waals surface area contributed by atoms with Crippen LogP contribution in [0.1, 0.15) is 51.7 Å². The van der Waals surface area contributed by atoms with Crippen molar-refractivity contribution in [1.29, 1.82) is 0 Å². The highest BCUT2D eigenvalue weighted by Crippen LogP contribution is 2.35. The molecule has 0 aliphatic rings. The fourth-order valence-electron chi connectivity index (χ4n) is 2.04. The lowest BCUT2D eigenvalue weighted by atomic mass is 9.88. The van der Waals surface area contributed by atoms with Crippen molar-refractivity contribution < 1.29 is 4.74 Å². The second kappa shape index (κ2) is 6.83. The van der Waals surface area contributed by atoms with Gasteiger partial charge in [0.15, 0.2) is 5.82 Å². The van der Waals surface area contributed by atoms with Gasteiger partial charge in [0, 0.05) is 14.2 Å². The zero-order valence-corrected chi connectivity index (χ0v) is 14.8. The first-order valence-corrected chi connectivity index (χ1v) is 7.69. The molecule has 1 rings (SSSR count). The second-order valence-corrected chi connectivity index (χ2v) is 6.75. The summed E-state index contributed by atoms with van der Waals surface area (Å²) in [5.74, 6) is 1.66. The van der Waals surface area contributed by atoms with Crippen molar-refractivity contribution in [3.8, 4) is 0 Å². The Morgan fingerprint density at radius 2 is 1.95 bits per heavy atom. The molecular formula is C14H24IN3O. The van der Waals surface area contributed by atoms with Crippen molar-refractivity contribution in [3.63, 3.8) is 0 Å². The summed E-state index contributed by atoms with van der Waals surface area (Å²) >= 11 is 2.31. The maximum Gasteiger partial charge on any atom is 0.160 e. The normalized spacial score (nSPS) is 13.4. The predicted molar refractivity (Wildman–Crippen MR) is 87.5 cm³/mol. The molecule has 108 valence electrons. The van der Waals surface area contributed by atoms with Gasteiger partial charge in [-0.05, 0) is 34.4 Å². The van der Waals surface area contributed by atoms with E-state index in [9.17, 15) is 0 Å². The second-order valence-electron chi connectivity index (χ2n) is 5.67. The molecule has 0 saturated heterocycles. The summed E-state index contributed by atoms with van der Waals surface area (Å²) in [6, 6.07) is 0. The Labute approximate surface area is 129 Å². The monoisotopic (exact) mass is 377 g/mol. The standard InChI is InChI=1S/C14H24IN3O/c1-7-8-9-10(15)12(16-5)18-13(17-9)11(19-6)14(2,3)4/h11H,7-8H2,1-6H3,(H,16,17,18). The first kappa shape index (κ1) is 16.6. The number of nitrogens with zero attached hydrogens (tertiary/aromatic N) is 2. The Kier molecular flexibility index (Phi) is 5.98. The predicted octanol–water partition coefficient (Wildman–Crippen LogP) is 3.81. The Morgan fingerprint density at radius 3 is 2.37 bits per heavy atom. The molecule has 1 aromatic rings. The molecule has 0 aromatic carbocycles. The summed E-state index contributed by atoms with van der Waals surface area (Å²) in [7, 11) is 3.61. The molecule has 0 spiro atoms. The number of hydrogen-bond donors (Lipinski definition) is 1. The molecule has 4 nitrogen and oxygen atoms in total. The minimum atomic E-state index is -0.104. The summed E-state index contributed by atoms with van der Waals surface area (Å²) < 4.78 is 6.72. The molecule has 0 aliphatic carbocycles. The van der Waals surface area contributed by atoms with Crippen LogP contribution in [0.15, 0.2) is 0 Å². The van der Waals surface area contributed by atoms with Gasteiger partial charge in [0.25, 0.3) is 0 Å². The third-order valence-corrected chi connectivity index (χ3v) is 4.05. The molecular weight excluding hydrogens is 353 g/mol. The van der Waals surface area contributed by atoms with Crippen LogP contribution < -0.4 is 5.32 Å². The molecule has 5 heteroatoms. The Bertz CT molecular complexity index is 429. The fraction of sp³-hybridized carbons (Fsp3) is 0.714. The van der Waals surface area contributed by atoms with Gasteiger partial charge in [-0.2, -0.15) is 0 Å². The van der Waals surface area contributed by atoms with Gasteiger partial charge in [-0.15, -0.1) is 0 Å². The van der Waals surface area contributed by atoms with E-state index in [4.69, 9.17) is 9.72 Å². The van der Waals surface area contributed by atoms with E-state index in [1.807, 2.05) is 7.05 Å². The molecule has 1 N–H and O–H groups in total. The van der Waals surface area contributed by atoms with Crippen LogP contribution >= 0.6 is 22.6 Å². The third-order valence-electron chi connectivity index (χ3n) is 2.92. The van der Waals surface area contributed by atoms with Gasteiger partial charge >= 0.3 is 0 Å². The number of aromatic nitrogens is 2. The average Bonchev–Trinajstić information content (AvgIpc) is 2.32. The molecule has 0 fully saturated rings. The minimum Gasteiger partial charge on any atom is -0.373 e. The van der Waals surface area contributed by atoms with E-state index in [1.54, 1.807) is 7.11 Å².